The van der Waals surface area contributed by atoms with Gasteiger partial charge in [0.2, 0.25) is 0 Å². The number of hydrogen-bond acceptors (Lipinski definition) is 9. The Morgan fingerprint density at radius 2 is 1.94 bits per heavy atom. The van der Waals surface area contributed by atoms with Crippen LogP contribution in [-0.2, 0) is 0 Å². The standard InChI is InChI=1S/C24H25N7OS/c1-13-27-19-15(11-25)7-14(8-18(19)32-13)20-26-12-17-21(29-20)33-22(28-17)31(4)16-9-23(2)5-6-24(3,10-16)30-23/h7-8,12,16,30H,5-6,9-10H2,1-4H3/t16?,23-,24?/m1/s1. The molecule has 168 valence electrons. The van der Waals surface area contributed by atoms with E-state index >= 15 is 0 Å². The third kappa shape index (κ3) is 3.36. The van der Waals surface area contributed by atoms with Gasteiger partial charge in [-0.1, -0.05) is 11.3 Å². The number of anilines is 1. The molecular formula is C24H25N7OS. The summed E-state index contributed by atoms with van der Waals surface area (Å²) in [7, 11) is 2.15. The number of piperidine rings is 1. The van der Waals surface area contributed by atoms with Crippen LogP contribution in [0, 0.1) is 18.3 Å². The predicted octanol–water partition coefficient (Wildman–Crippen LogP) is 4.57. The lowest BCUT2D eigenvalue weighted by molar-refractivity contribution is 0.208. The number of nitriles is 1. The topological polar surface area (TPSA) is 104 Å². The highest BCUT2D eigenvalue weighted by Crippen LogP contribution is 2.44. The maximum atomic E-state index is 9.56. The first-order chi connectivity index (χ1) is 15.7. The Labute approximate surface area is 195 Å². The molecule has 0 spiro atoms. The smallest absolute Gasteiger partial charge is 0.192 e. The van der Waals surface area contributed by atoms with Crippen molar-refractivity contribution in [3.8, 4) is 17.5 Å². The number of nitrogens with one attached hydrogen (secondary N) is 1. The Kier molecular flexibility index (Phi) is 4.32. The molecule has 0 aliphatic carbocycles. The molecule has 2 saturated heterocycles. The third-order valence-electron chi connectivity index (χ3n) is 7.17. The molecule has 0 amide bonds. The predicted molar refractivity (Wildman–Crippen MR) is 128 cm³/mol. The van der Waals surface area contributed by atoms with E-state index < -0.39 is 0 Å². The quantitative estimate of drug-likeness (QED) is 0.475. The lowest BCUT2D eigenvalue weighted by atomic mass is 9.84. The van der Waals surface area contributed by atoms with Crippen molar-refractivity contribution in [1.29, 1.82) is 5.26 Å². The molecule has 2 aliphatic heterocycles. The number of aryl methyl sites for hydroxylation is 1. The summed E-state index contributed by atoms with van der Waals surface area (Å²) in [4.78, 5) is 21.6. The van der Waals surface area contributed by atoms with Crippen LogP contribution in [0.25, 0.3) is 32.8 Å². The Hall–Kier alpha value is -3.09. The molecule has 5 heterocycles. The van der Waals surface area contributed by atoms with Crippen molar-refractivity contribution in [2.75, 3.05) is 11.9 Å². The van der Waals surface area contributed by atoms with Crippen LogP contribution in [-0.4, -0.2) is 44.1 Å². The van der Waals surface area contributed by atoms with Crippen LogP contribution in [0.1, 0.15) is 51.0 Å². The van der Waals surface area contributed by atoms with Crippen LogP contribution in [0.2, 0.25) is 0 Å². The summed E-state index contributed by atoms with van der Waals surface area (Å²) in [6, 6.07) is 6.26. The maximum Gasteiger partial charge on any atom is 0.192 e. The van der Waals surface area contributed by atoms with Gasteiger partial charge in [0.25, 0.3) is 0 Å². The largest absolute Gasteiger partial charge is 0.441 e. The summed E-state index contributed by atoms with van der Waals surface area (Å²) in [5.41, 5.74) is 3.51. The van der Waals surface area contributed by atoms with E-state index in [1.54, 1.807) is 30.5 Å². The number of aromatic nitrogens is 4. The summed E-state index contributed by atoms with van der Waals surface area (Å²) >= 11 is 1.59. The summed E-state index contributed by atoms with van der Waals surface area (Å²) in [5.74, 6) is 1.08. The number of nitrogens with zero attached hydrogens (tertiary/aromatic N) is 6. The van der Waals surface area contributed by atoms with Gasteiger partial charge in [-0.2, -0.15) is 5.26 Å². The molecule has 4 aromatic rings. The van der Waals surface area contributed by atoms with Crippen molar-refractivity contribution in [3.05, 3.63) is 29.8 Å². The first kappa shape index (κ1) is 20.5. The van der Waals surface area contributed by atoms with Gasteiger partial charge in [0.15, 0.2) is 22.4 Å². The van der Waals surface area contributed by atoms with Crippen molar-refractivity contribution in [2.45, 2.75) is 63.6 Å². The monoisotopic (exact) mass is 459 g/mol. The van der Waals surface area contributed by atoms with Crippen molar-refractivity contribution >= 4 is 37.9 Å². The fourth-order valence-electron chi connectivity index (χ4n) is 5.62. The number of thiazole rings is 1. The Bertz CT molecular complexity index is 1430. The fraction of sp³-hybridized carbons (Fsp3) is 0.458. The van der Waals surface area contributed by atoms with Crippen molar-refractivity contribution < 1.29 is 4.42 Å². The van der Waals surface area contributed by atoms with E-state index in [0.29, 0.717) is 34.4 Å². The van der Waals surface area contributed by atoms with E-state index in [1.165, 1.54) is 12.8 Å². The molecule has 8 nitrogen and oxygen atoms in total. The van der Waals surface area contributed by atoms with Gasteiger partial charge < -0.3 is 14.6 Å². The average molecular weight is 460 g/mol. The van der Waals surface area contributed by atoms with Crippen LogP contribution in [0.5, 0.6) is 0 Å². The van der Waals surface area contributed by atoms with Crippen molar-refractivity contribution in [3.63, 3.8) is 0 Å². The van der Waals surface area contributed by atoms with Crippen LogP contribution in [0.4, 0.5) is 5.13 Å². The SMILES string of the molecule is Cc1nc2c(C#N)cc(-c3ncc4nc(N(C)C5CC6(C)CC[C@](C)(C5)N6)sc4n3)cc2o1. The van der Waals surface area contributed by atoms with Gasteiger partial charge in [-0.05, 0) is 51.7 Å². The molecule has 9 heteroatoms. The van der Waals surface area contributed by atoms with Gasteiger partial charge in [0.05, 0.1) is 11.8 Å². The summed E-state index contributed by atoms with van der Waals surface area (Å²) < 4.78 is 5.66. The zero-order valence-corrected chi connectivity index (χ0v) is 20.0. The lowest BCUT2D eigenvalue weighted by Gasteiger charge is -2.45. The number of oxazole rings is 1. The van der Waals surface area contributed by atoms with E-state index in [4.69, 9.17) is 14.4 Å². The van der Waals surface area contributed by atoms with E-state index in [0.717, 1.165) is 33.9 Å². The molecule has 1 aromatic carbocycles. The van der Waals surface area contributed by atoms with Gasteiger partial charge in [0.1, 0.15) is 21.9 Å². The zero-order valence-electron chi connectivity index (χ0n) is 19.1. The Morgan fingerprint density at radius 3 is 2.67 bits per heavy atom. The minimum Gasteiger partial charge on any atom is -0.441 e. The van der Waals surface area contributed by atoms with Gasteiger partial charge in [-0.15, -0.1) is 0 Å². The molecule has 2 fully saturated rings. The lowest BCUT2D eigenvalue weighted by Crippen LogP contribution is -2.58. The number of rotatable bonds is 3. The molecule has 6 rings (SSSR count). The summed E-state index contributed by atoms with van der Waals surface area (Å²) in [5, 5.41) is 14.4. The minimum atomic E-state index is 0.200. The van der Waals surface area contributed by atoms with E-state index in [2.05, 4.69) is 47.1 Å². The summed E-state index contributed by atoms with van der Waals surface area (Å²) in [6.45, 7) is 6.46. The number of fused-ring (bicyclic) bond motifs is 4. The molecule has 2 aliphatic rings. The van der Waals surface area contributed by atoms with Crippen LogP contribution in [0.3, 0.4) is 0 Å². The van der Waals surface area contributed by atoms with Crippen LogP contribution < -0.4 is 10.2 Å². The highest BCUT2D eigenvalue weighted by Gasteiger charge is 2.49. The van der Waals surface area contributed by atoms with Gasteiger partial charge in [0, 0.05) is 36.7 Å². The first-order valence-corrected chi connectivity index (χ1v) is 12.0. The highest BCUT2D eigenvalue weighted by atomic mass is 32.1. The molecule has 3 atom stereocenters. The van der Waals surface area contributed by atoms with Crippen LogP contribution in [0.15, 0.2) is 22.7 Å². The fourth-order valence-corrected chi connectivity index (χ4v) is 6.57. The van der Waals surface area contributed by atoms with E-state index in [9.17, 15) is 5.26 Å². The number of benzene rings is 1. The van der Waals surface area contributed by atoms with E-state index in [-0.39, 0.29) is 11.1 Å². The molecule has 0 radical (unpaired) electrons. The normalized spacial score (nSPS) is 26.7. The second-order valence-electron chi connectivity index (χ2n) is 10.0. The molecule has 33 heavy (non-hydrogen) atoms. The van der Waals surface area contributed by atoms with Crippen molar-refractivity contribution in [1.82, 2.24) is 25.3 Å². The van der Waals surface area contributed by atoms with Crippen LogP contribution >= 0.6 is 11.3 Å². The maximum absolute atomic E-state index is 9.56. The average Bonchev–Trinajstić information content (AvgIpc) is 3.43. The van der Waals surface area contributed by atoms with Crippen molar-refractivity contribution in [2.24, 2.45) is 0 Å². The Morgan fingerprint density at radius 1 is 1.18 bits per heavy atom. The molecule has 2 bridgehead atoms. The molecule has 2 unspecified atom stereocenters. The molecule has 1 N–H and O–H groups in total. The second kappa shape index (κ2) is 6.95. The second-order valence-corrected chi connectivity index (χ2v) is 11.0. The minimum absolute atomic E-state index is 0.200. The number of hydrogen-bond donors (Lipinski definition) is 1. The van der Waals surface area contributed by atoms with Gasteiger partial charge >= 0.3 is 0 Å². The summed E-state index contributed by atoms with van der Waals surface area (Å²) in [6.07, 6.45) is 6.44. The zero-order chi connectivity index (χ0) is 23.0. The highest BCUT2D eigenvalue weighted by molar-refractivity contribution is 7.21. The van der Waals surface area contributed by atoms with Gasteiger partial charge in [-0.25, -0.2) is 19.9 Å². The third-order valence-corrected chi connectivity index (χ3v) is 8.23. The van der Waals surface area contributed by atoms with E-state index in [1.807, 2.05) is 6.07 Å². The Balaban J connectivity index is 1.34. The first-order valence-electron chi connectivity index (χ1n) is 11.2. The van der Waals surface area contributed by atoms with Gasteiger partial charge in [-0.3, -0.25) is 0 Å². The molecular weight excluding hydrogens is 434 g/mol. The molecule has 3 aromatic heterocycles. The molecule has 0 saturated carbocycles.